The number of furan rings is 4. The Kier molecular flexibility index (Phi) is 17.1. The Balaban J connectivity index is 0.000000130. The van der Waals surface area contributed by atoms with E-state index in [1.165, 1.54) is 34.7 Å². The highest BCUT2D eigenvalue weighted by molar-refractivity contribution is 6.12. The van der Waals surface area contributed by atoms with Gasteiger partial charge in [-0.15, -0.1) is 0 Å². The lowest BCUT2D eigenvalue weighted by atomic mass is 9.86. The zero-order valence-corrected chi connectivity index (χ0v) is 67.7. The van der Waals surface area contributed by atoms with Crippen LogP contribution in [0.25, 0.3) is 133 Å². The largest absolute Gasteiger partial charge is 0.437 e. The first-order valence-corrected chi connectivity index (χ1v) is 39.6. The van der Waals surface area contributed by atoms with Gasteiger partial charge in [0.1, 0.15) is 28.2 Å². The minimum Gasteiger partial charge on any atom is -0.437 e. The summed E-state index contributed by atoms with van der Waals surface area (Å²) in [4.78, 5) is 18.6. The van der Waals surface area contributed by atoms with Gasteiger partial charge >= 0.3 is 0 Å². The van der Waals surface area contributed by atoms with Crippen molar-refractivity contribution < 1.29 is 55.1 Å². The number of aryl methyl sites for hydroxylation is 12. The van der Waals surface area contributed by atoms with Crippen LogP contribution in [0.2, 0.25) is 0 Å². The van der Waals surface area contributed by atoms with Gasteiger partial charge in [0.15, 0.2) is 47.1 Å². The number of hydrogen-bond donors (Lipinski definition) is 0. The number of rotatable bonds is 11. The van der Waals surface area contributed by atoms with E-state index in [4.69, 9.17) is 41.8 Å². The molecule has 16 aromatic rings. The molecule has 112 heavy (non-hydrogen) atoms. The second-order valence-electron chi connectivity index (χ2n) is 31.6. The molecule has 2 aliphatic rings. The quantitative estimate of drug-likeness (QED) is 0.117. The smallest absolute Gasteiger partial charge is 0.227 e. The zero-order chi connectivity index (χ0) is 90.8. The normalized spacial score (nSPS) is 18.6. The summed E-state index contributed by atoms with van der Waals surface area (Å²) < 4.78 is 149. The van der Waals surface area contributed by atoms with Crippen LogP contribution in [-0.2, 0) is 65.7 Å². The lowest BCUT2D eigenvalue weighted by molar-refractivity contribution is -0.660. The molecule has 12 aromatic heterocycles. The van der Waals surface area contributed by atoms with Crippen molar-refractivity contribution in [3.63, 3.8) is 0 Å². The lowest BCUT2D eigenvalue weighted by Crippen LogP contribution is -2.31. The number of benzene rings is 4. The van der Waals surface area contributed by atoms with Crippen LogP contribution < -0.4 is 18.3 Å². The number of nitrogens with zero attached hydrogens (tertiary/aromatic N) is 8. The van der Waals surface area contributed by atoms with E-state index < -0.39 is 50.0 Å². The van der Waals surface area contributed by atoms with Crippen LogP contribution in [0.5, 0.6) is 0 Å². The monoisotopic (exact) mass is 1500 g/mol. The summed E-state index contributed by atoms with van der Waals surface area (Å²) in [6, 6.07) is 48.6. The predicted octanol–water partition coefficient (Wildman–Crippen LogP) is 24.0. The third-order valence-corrected chi connectivity index (χ3v) is 22.1. The molecule has 572 valence electrons. The van der Waals surface area contributed by atoms with E-state index in [1.807, 2.05) is 58.3 Å². The van der Waals surface area contributed by atoms with Gasteiger partial charge in [0.2, 0.25) is 45.6 Å². The SMILES string of the molecule is CCc1ccc(-c2c(C)ccc3c2oc2nc(C(C)(C)C)ccc23)[n+](C)c1.[2H]C([2H])([2H])C(C)(Cc1ccc2c(n1)oc1c(-c3ccc(CC)c[n+]3C)c(C)ccc12)C([2H])([2H])[2H].[2H]C1([2H])CCCC([2H])([2H])C1([2H])c1ccc2c(n1)oc1c(-c3ccc(CC)c[n+]3C)c(C)ccc12.[2H]C1([2H])CCCC1([2H])c1ccc2c(n1)oc1c(-c3ccc(CC)c[n+]3C)c(C)ccc12. The molecule has 0 spiro atoms. The fraction of sp³-hybridized carbons (Fsp3) is 0.360. The van der Waals surface area contributed by atoms with Gasteiger partial charge in [0.25, 0.3) is 0 Å². The van der Waals surface area contributed by atoms with Crippen LogP contribution >= 0.6 is 0 Å². The first-order chi connectivity index (χ1) is 59.3. The van der Waals surface area contributed by atoms with Crippen molar-refractivity contribution in [2.24, 2.45) is 33.6 Å². The topological polar surface area (TPSA) is 120 Å². The third kappa shape index (κ3) is 15.2. The predicted molar refractivity (Wildman–Crippen MR) is 458 cm³/mol. The molecule has 18 rings (SSSR count). The summed E-state index contributed by atoms with van der Waals surface area (Å²) in [7, 11) is 8.18. The summed E-state index contributed by atoms with van der Waals surface area (Å²) >= 11 is 0. The molecule has 1 unspecified atom stereocenters. The van der Waals surface area contributed by atoms with Gasteiger partial charge in [-0.1, -0.05) is 150 Å². The van der Waals surface area contributed by atoms with Gasteiger partial charge in [0, 0.05) is 149 Å². The Morgan fingerprint density at radius 3 is 1.04 bits per heavy atom. The maximum Gasteiger partial charge on any atom is 0.227 e. The van der Waals surface area contributed by atoms with Gasteiger partial charge in [-0.25, -0.2) is 38.2 Å². The van der Waals surface area contributed by atoms with Crippen LogP contribution in [0.1, 0.15) is 225 Å². The second kappa shape index (κ2) is 31.4. The Hall–Kier alpha value is -10.7. The minimum absolute atomic E-state index is 0.00562. The standard InChI is InChI=1S/C26H29N2O.C25H27N2O.C25H29N2O.C24H27N2O/c1-4-18-11-15-23(28(3)16-18)24-17(2)10-12-20-21-13-14-22(19-8-6-5-7-9-19)27-26(21)29-25(20)24;1-4-17-10-14-22(27(3)15-17)23-16(2)9-11-19-20-12-13-21(18-7-5-6-8-18)26-25(20)28-24(19)23;1-7-17-9-13-21(27(6)15-17)22-16(2)8-11-19-20-12-10-18(14-25(3,4)5)26-24(20)28-23(19)22;1-7-16-9-12-19(26(6)14-16)21-15(2)8-10-17-18-11-13-20(24(3,4)5)25-23(18)27-22(17)21/h10-16,19H,4-9H2,1-3H3;9-15,18H,4-8H2,1-3H3;8-13,15H,7,14H2,1-6H3;8-14H,7H2,1-6H3/q4*+1/i8D2,9D2,19D;7D2,18D;3D3,4D3;. The van der Waals surface area contributed by atoms with Crippen molar-refractivity contribution in [2.75, 3.05) is 0 Å². The highest BCUT2D eigenvalue weighted by atomic mass is 16.4. The van der Waals surface area contributed by atoms with Gasteiger partial charge in [-0.05, 0) is 186 Å². The number of fused-ring (bicyclic) bond motifs is 12. The van der Waals surface area contributed by atoms with Crippen LogP contribution in [0.15, 0.2) is 188 Å². The van der Waals surface area contributed by atoms with Crippen molar-refractivity contribution >= 4 is 88.3 Å². The van der Waals surface area contributed by atoms with E-state index in [1.54, 1.807) is 18.2 Å². The molecule has 12 nitrogen and oxygen atoms in total. The fourth-order valence-corrected chi connectivity index (χ4v) is 15.9. The molecule has 0 radical (unpaired) electrons. The Labute approximate surface area is 680 Å². The number of aromatic nitrogens is 8. The maximum atomic E-state index is 9.00. The highest BCUT2D eigenvalue weighted by Gasteiger charge is 2.29. The number of pyridine rings is 8. The van der Waals surface area contributed by atoms with E-state index in [-0.39, 0.29) is 30.4 Å². The van der Waals surface area contributed by atoms with Crippen molar-refractivity contribution in [3.05, 3.63) is 238 Å². The van der Waals surface area contributed by atoms with Crippen LogP contribution in [0, 0.1) is 33.1 Å². The molecule has 12 heterocycles. The molecule has 12 heteroatoms. The molecular formula is C100H112N8O4+4. The Morgan fingerprint density at radius 1 is 0.375 bits per heavy atom. The van der Waals surface area contributed by atoms with Gasteiger partial charge < -0.3 is 17.7 Å². The van der Waals surface area contributed by atoms with E-state index in [0.717, 1.165) is 153 Å². The summed E-state index contributed by atoms with van der Waals surface area (Å²) in [5.74, 6) is -3.45. The van der Waals surface area contributed by atoms with E-state index >= 15 is 0 Å². The minimum atomic E-state index is -2.67. The summed E-state index contributed by atoms with van der Waals surface area (Å²) in [5.41, 5.74) is 22.9. The number of hydrogen-bond acceptors (Lipinski definition) is 8. The fourth-order valence-electron chi connectivity index (χ4n) is 15.9. The van der Waals surface area contributed by atoms with Crippen molar-refractivity contribution in [3.8, 4) is 45.0 Å². The highest BCUT2D eigenvalue weighted by Crippen LogP contribution is 2.44. The molecule has 0 aliphatic heterocycles. The summed E-state index contributed by atoms with van der Waals surface area (Å²) in [5, 5.41) is 7.46. The summed E-state index contributed by atoms with van der Waals surface area (Å²) in [6.07, 6.45) is 8.82. The zero-order valence-electron chi connectivity index (χ0n) is 81.7. The molecule has 1 atom stereocenters. The molecule has 0 amide bonds. The average Bonchev–Trinajstić information content (AvgIpc) is 0.925. The van der Waals surface area contributed by atoms with Crippen LogP contribution in [-0.4, -0.2) is 19.9 Å². The van der Waals surface area contributed by atoms with Crippen LogP contribution in [0.4, 0.5) is 0 Å². The molecule has 2 saturated carbocycles. The Morgan fingerprint density at radius 2 is 0.696 bits per heavy atom. The first-order valence-electron chi connectivity index (χ1n) is 46.6. The molecule has 0 bridgehead atoms. The van der Waals surface area contributed by atoms with E-state index in [0.29, 0.717) is 65.4 Å². The van der Waals surface area contributed by atoms with Gasteiger partial charge in [-0.3, -0.25) is 0 Å². The van der Waals surface area contributed by atoms with Crippen molar-refractivity contribution in [1.82, 2.24) is 19.9 Å². The molecular weight excluding hydrogens is 1380 g/mol. The first kappa shape index (κ1) is 60.9. The van der Waals surface area contributed by atoms with Gasteiger partial charge in [0.05, 0.1) is 22.3 Å². The van der Waals surface area contributed by atoms with Crippen molar-refractivity contribution in [2.45, 2.75) is 204 Å². The van der Waals surface area contributed by atoms with Crippen molar-refractivity contribution in [1.29, 1.82) is 0 Å². The average molecular weight is 1500 g/mol. The van der Waals surface area contributed by atoms with Crippen LogP contribution in [0.3, 0.4) is 0 Å². The lowest BCUT2D eigenvalue weighted by Gasteiger charge is -2.20. The van der Waals surface area contributed by atoms with E-state index in [9.17, 15) is 0 Å². The molecule has 4 aromatic carbocycles. The summed E-state index contributed by atoms with van der Waals surface area (Å²) in [6.45, 7) is 19.3. The molecule has 2 aliphatic carbocycles. The van der Waals surface area contributed by atoms with Gasteiger partial charge in [-0.2, -0.15) is 0 Å². The second-order valence-corrected chi connectivity index (χ2v) is 31.6. The third-order valence-electron chi connectivity index (χ3n) is 22.1. The molecule has 0 saturated heterocycles. The molecule has 0 N–H and O–H groups in total. The molecule has 2 fully saturated rings. The maximum absolute atomic E-state index is 9.00. The Bertz CT molecular complexity index is 6920. The van der Waals surface area contributed by atoms with E-state index in [2.05, 4.69) is 231 Å².